The van der Waals surface area contributed by atoms with Gasteiger partial charge in [0.1, 0.15) is 5.82 Å². The van der Waals surface area contributed by atoms with E-state index in [2.05, 4.69) is 25.5 Å². The molecular formula is C15H11ClFN5OS3. The maximum atomic E-state index is 12.9. The highest BCUT2D eigenvalue weighted by Gasteiger charge is 2.16. The summed E-state index contributed by atoms with van der Waals surface area (Å²) in [5.41, 5.74) is 0.976. The molecule has 1 amide bonds. The zero-order valence-electron chi connectivity index (χ0n) is 13.3. The minimum absolute atomic E-state index is 0.0594. The Morgan fingerprint density at radius 1 is 1.31 bits per heavy atom. The Labute approximate surface area is 166 Å². The van der Waals surface area contributed by atoms with E-state index < -0.39 is 5.91 Å². The molecule has 1 aromatic carbocycles. The molecule has 134 valence electrons. The average Bonchev–Trinajstić information content (AvgIpc) is 3.10. The zero-order valence-corrected chi connectivity index (χ0v) is 16.5. The lowest BCUT2D eigenvalue weighted by atomic mass is 10.2. The third-order valence-corrected chi connectivity index (χ3v) is 6.04. The molecule has 0 aliphatic heterocycles. The Kier molecular flexibility index (Phi) is 6.41. The molecule has 0 spiro atoms. The van der Waals surface area contributed by atoms with E-state index in [1.807, 2.05) is 6.26 Å². The number of hydrogen-bond donors (Lipinski definition) is 1. The fourth-order valence-corrected chi connectivity index (χ4v) is 3.92. The highest BCUT2D eigenvalue weighted by Crippen LogP contribution is 2.25. The molecule has 11 heteroatoms. The number of carbonyl (C=O) groups excluding carboxylic acids is 1. The van der Waals surface area contributed by atoms with Crippen LogP contribution in [0.1, 0.15) is 16.1 Å². The summed E-state index contributed by atoms with van der Waals surface area (Å²) >= 11 is 10.1. The van der Waals surface area contributed by atoms with Crippen molar-refractivity contribution in [3.05, 3.63) is 52.6 Å². The number of benzene rings is 1. The van der Waals surface area contributed by atoms with Gasteiger partial charge < -0.3 is 0 Å². The first-order chi connectivity index (χ1) is 12.5. The number of nitrogens with zero attached hydrogens (tertiary/aromatic N) is 4. The highest BCUT2D eigenvalue weighted by atomic mass is 35.5. The molecule has 1 N–H and O–H groups in total. The Morgan fingerprint density at radius 2 is 2.08 bits per heavy atom. The maximum absolute atomic E-state index is 12.9. The monoisotopic (exact) mass is 427 g/mol. The molecule has 0 bridgehead atoms. The van der Waals surface area contributed by atoms with Gasteiger partial charge in [0.25, 0.3) is 5.91 Å². The van der Waals surface area contributed by atoms with E-state index in [0.29, 0.717) is 16.0 Å². The van der Waals surface area contributed by atoms with Gasteiger partial charge in [0.2, 0.25) is 5.13 Å². The van der Waals surface area contributed by atoms with Crippen molar-refractivity contribution in [2.45, 2.75) is 15.2 Å². The second kappa shape index (κ2) is 8.76. The summed E-state index contributed by atoms with van der Waals surface area (Å²) in [6.45, 7) is 0. The Balaban J connectivity index is 1.70. The van der Waals surface area contributed by atoms with Crippen LogP contribution >= 0.6 is 46.5 Å². The highest BCUT2D eigenvalue weighted by molar-refractivity contribution is 8.00. The number of rotatable bonds is 6. The molecule has 3 aromatic rings. The predicted octanol–water partition coefficient (Wildman–Crippen LogP) is 4.39. The second-order valence-electron chi connectivity index (χ2n) is 4.80. The molecule has 3 rings (SSSR count). The van der Waals surface area contributed by atoms with Gasteiger partial charge in [-0.25, -0.2) is 14.4 Å². The van der Waals surface area contributed by atoms with Crippen LogP contribution in [0.5, 0.6) is 0 Å². The first kappa shape index (κ1) is 19.0. The molecule has 0 saturated heterocycles. The van der Waals surface area contributed by atoms with Gasteiger partial charge in [-0.2, -0.15) is 0 Å². The summed E-state index contributed by atoms with van der Waals surface area (Å²) in [5, 5.41) is 11.3. The van der Waals surface area contributed by atoms with Crippen molar-refractivity contribution < 1.29 is 9.18 Å². The van der Waals surface area contributed by atoms with E-state index in [9.17, 15) is 9.18 Å². The van der Waals surface area contributed by atoms with Crippen LogP contribution in [0.25, 0.3) is 0 Å². The molecule has 26 heavy (non-hydrogen) atoms. The summed E-state index contributed by atoms with van der Waals surface area (Å²) < 4.78 is 13.7. The maximum Gasteiger partial charge on any atom is 0.277 e. The lowest BCUT2D eigenvalue weighted by Crippen LogP contribution is -2.15. The summed E-state index contributed by atoms with van der Waals surface area (Å²) in [7, 11) is 0. The first-order valence-electron chi connectivity index (χ1n) is 7.14. The van der Waals surface area contributed by atoms with Gasteiger partial charge >= 0.3 is 0 Å². The Morgan fingerprint density at radius 3 is 2.77 bits per heavy atom. The van der Waals surface area contributed by atoms with E-state index >= 15 is 0 Å². The van der Waals surface area contributed by atoms with Crippen molar-refractivity contribution in [1.82, 2.24) is 20.2 Å². The van der Waals surface area contributed by atoms with Gasteiger partial charge in [-0.1, -0.05) is 58.6 Å². The fraction of sp³-hybridized carbons (Fsp3) is 0.133. The molecule has 0 atom stereocenters. The number of thioether (sulfide) groups is 2. The fourth-order valence-electron chi connectivity index (χ4n) is 1.81. The largest absolute Gasteiger partial charge is 0.295 e. The van der Waals surface area contributed by atoms with Crippen LogP contribution in [0.4, 0.5) is 9.52 Å². The number of anilines is 1. The summed E-state index contributed by atoms with van der Waals surface area (Å²) in [4.78, 5) is 20.7. The minimum atomic E-state index is -0.482. The number of hydrogen-bond acceptors (Lipinski definition) is 8. The minimum Gasteiger partial charge on any atom is -0.295 e. The molecule has 0 radical (unpaired) electrons. The normalized spacial score (nSPS) is 10.7. The topological polar surface area (TPSA) is 80.7 Å². The van der Waals surface area contributed by atoms with E-state index in [1.165, 1.54) is 53.2 Å². The third-order valence-electron chi connectivity index (χ3n) is 3.02. The SMILES string of the molecule is CSc1nnc(NC(=O)c2nc(SCc3ccc(F)cc3)ncc2Cl)s1. The molecule has 0 aliphatic rings. The van der Waals surface area contributed by atoms with Crippen LogP contribution in [0.2, 0.25) is 5.02 Å². The molecule has 0 aliphatic carbocycles. The smallest absolute Gasteiger partial charge is 0.277 e. The van der Waals surface area contributed by atoms with Crippen molar-refractivity contribution in [1.29, 1.82) is 0 Å². The number of nitrogens with one attached hydrogen (secondary N) is 1. The lowest BCUT2D eigenvalue weighted by molar-refractivity contribution is 0.102. The predicted molar refractivity (Wildman–Crippen MR) is 103 cm³/mol. The van der Waals surface area contributed by atoms with E-state index in [1.54, 1.807) is 12.1 Å². The molecule has 2 aromatic heterocycles. The van der Waals surface area contributed by atoms with E-state index in [4.69, 9.17) is 11.6 Å². The van der Waals surface area contributed by atoms with Crippen LogP contribution in [-0.2, 0) is 5.75 Å². The van der Waals surface area contributed by atoms with Crippen LogP contribution in [0, 0.1) is 5.82 Å². The van der Waals surface area contributed by atoms with Gasteiger partial charge in [-0.15, -0.1) is 10.2 Å². The second-order valence-corrected chi connectivity index (χ2v) is 8.18. The molecular weight excluding hydrogens is 417 g/mol. The Bertz CT molecular complexity index is 922. The van der Waals surface area contributed by atoms with Crippen LogP contribution in [0.15, 0.2) is 40.0 Å². The van der Waals surface area contributed by atoms with E-state index in [-0.39, 0.29) is 16.5 Å². The Hall–Kier alpha value is -1.75. The van der Waals surface area contributed by atoms with Crippen LogP contribution in [-0.4, -0.2) is 32.3 Å². The molecule has 6 nitrogen and oxygen atoms in total. The zero-order chi connectivity index (χ0) is 18.5. The van der Waals surface area contributed by atoms with Crippen LogP contribution < -0.4 is 5.32 Å². The van der Waals surface area contributed by atoms with E-state index in [0.717, 1.165) is 9.90 Å². The quantitative estimate of drug-likeness (QED) is 0.355. The summed E-state index contributed by atoms with van der Waals surface area (Å²) in [6, 6.07) is 6.15. The number of halogens is 2. The molecule has 0 saturated carbocycles. The van der Waals surface area contributed by atoms with Crippen molar-refractivity contribution >= 4 is 57.5 Å². The van der Waals surface area contributed by atoms with Gasteiger partial charge in [-0.05, 0) is 24.0 Å². The van der Waals surface area contributed by atoms with Crippen molar-refractivity contribution in [3.8, 4) is 0 Å². The van der Waals surface area contributed by atoms with Crippen molar-refractivity contribution in [2.75, 3.05) is 11.6 Å². The first-order valence-corrected chi connectivity index (χ1v) is 10.5. The molecule has 0 fully saturated rings. The van der Waals surface area contributed by atoms with Crippen molar-refractivity contribution in [2.24, 2.45) is 0 Å². The van der Waals surface area contributed by atoms with Crippen LogP contribution in [0.3, 0.4) is 0 Å². The summed E-state index contributed by atoms with van der Waals surface area (Å²) in [5.74, 6) is -0.234. The number of carbonyl (C=O) groups is 1. The van der Waals surface area contributed by atoms with Gasteiger partial charge in [0.15, 0.2) is 15.2 Å². The molecule has 0 unspecified atom stereocenters. The van der Waals surface area contributed by atoms with Gasteiger partial charge in [0.05, 0.1) is 11.2 Å². The number of amides is 1. The van der Waals surface area contributed by atoms with Crippen molar-refractivity contribution in [3.63, 3.8) is 0 Å². The third kappa shape index (κ3) is 4.91. The van der Waals surface area contributed by atoms with Gasteiger partial charge in [-0.3, -0.25) is 10.1 Å². The average molecular weight is 428 g/mol. The molecule has 2 heterocycles. The lowest BCUT2D eigenvalue weighted by Gasteiger charge is -2.05. The number of aromatic nitrogens is 4. The standard InChI is InChI=1S/C15H11ClFN5OS3/c1-24-15-22-21-14(26-15)20-12(23)11-10(16)6-18-13(19-11)25-7-8-2-4-9(17)5-3-8/h2-6H,7H2,1H3,(H,20,21,23). The van der Waals surface area contributed by atoms with Gasteiger partial charge in [0, 0.05) is 5.75 Å². The summed E-state index contributed by atoms with van der Waals surface area (Å²) in [6.07, 6.45) is 3.25.